The van der Waals surface area contributed by atoms with E-state index in [1.165, 1.54) is 12.8 Å². The Morgan fingerprint density at radius 2 is 2.05 bits per heavy atom. The minimum absolute atomic E-state index is 0.350. The van der Waals surface area contributed by atoms with E-state index in [9.17, 15) is 0 Å². The number of thiocarbonyl (C=S) groups is 1. The molecule has 5 heteroatoms. The molecule has 0 amide bonds. The lowest BCUT2D eigenvalue weighted by molar-refractivity contribution is 0.286. The fourth-order valence-corrected chi connectivity index (χ4v) is 2.45. The number of nitrogens with zero attached hydrogens (tertiary/aromatic N) is 2. The highest BCUT2D eigenvalue weighted by Gasteiger charge is 2.22. The summed E-state index contributed by atoms with van der Waals surface area (Å²) in [5, 5.41) is 8.39. The lowest BCUT2D eigenvalue weighted by Crippen LogP contribution is -2.18. The normalized spacial score (nSPS) is 14.4. The first-order valence-electron chi connectivity index (χ1n) is 6.98. The van der Waals surface area contributed by atoms with Crippen molar-refractivity contribution in [2.45, 2.75) is 46.0 Å². The van der Waals surface area contributed by atoms with Crippen molar-refractivity contribution in [3.8, 4) is 5.88 Å². The fraction of sp³-hybridized carbons (Fsp3) is 0.643. The van der Waals surface area contributed by atoms with Crippen molar-refractivity contribution in [1.82, 2.24) is 10.2 Å². The molecule has 0 spiro atoms. The van der Waals surface area contributed by atoms with Gasteiger partial charge in [0, 0.05) is 0 Å². The van der Waals surface area contributed by atoms with Gasteiger partial charge in [0.15, 0.2) is 0 Å². The molecule has 1 aromatic heterocycles. The molecule has 1 aromatic rings. The summed E-state index contributed by atoms with van der Waals surface area (Å²) >= 11 is 5.16. The highest BCUT2D eigenvalue weighted by molar-refractivity contribution is 7.80. The monoisotopic (exact) mass is 279 g/mol. The standard InChI is InChI=1S/C14H21N3OS/c1-3-10-11(4-2)16-17-14(12(10)13(15)19)18-8-7-9-5-6-9/h9H,3-8H2,1-2H3,(H2,15,19). The maximum atomic E-state index is 5.84. The van der Waals surface area contributed by atoms with E-state index in [1.54, 1.807) is 0 Å². The Hall–Kier alpha value is -1.23. The number of ether oxygens (including phenoxy) is 1. The van der Waals surface area contributed by atoms with Crippen LogP contribution in [0.5, 0.6) is 5.88 Å². The molecule has 4 nitrogen and oxygen atoms in total. The fourth-order valence-electron chi connectivity index (χ4n) is 2.24. The molecule has 2 rings (SSSR count). The predicted octanol–water partition coefficient (Wildman–Crippen LogP) is 2.41. The van der Waals surface area contributed by atoms with E-state index in [4.69, 9.17) is 22.7 Å². The van der Waals surface area contributed by atoms with Crippen LogP contribution in [0.4, 0.5) is 0 Å². The average molecular weight is 279 g/mol. The first-order chi connectivity index (χ1) is 9.17. The maximum absolute atomic E-state index is 5.84. The van der Waals surface area contributed by atoms with Crippen molar-refractivity contribution in [2.24, 2.45) is 11.7 Å². The minimum atomic E-state index is 0.350. The smallest absolute Gasteiger partial charge is 0.244 e. The molecule has 0 atom stereocenters. The Kier molecular flexibility index (Phi) is 4.69. The summed E-state index contributed by atoms with van der Waals surface area (Å²) in [6.07, 6.45) is 5.40. The molecule has 2 N–H and O–H groups in total. The van der Waals surface area contributed by atoms with Crippen LogP contribution in [0.3, 0.4) is 0 Å². The van der Waals surface area contributed by atoms with Crippen molar-refractivity contribution in [3.63, 3.8) is 0 Å². The number of aryl methyl sites for hydroxylation is 1. The number of aromatic nitrogens is 2. The molecule has 1 aliphatic carbocycles. The molecule has 0 aliphatic heterocycles. The zero-order valence-corrected chi connectivity index (χ0v) is 12.4. The molecular weight excluding hydrogens is 258 g/mol. The molecule has 104 valence electrons. The SMILES string of the molecule is CCc1nnc(OCCC2CC2)c(C(N)=S)c1CC. The van der Waals surface area contributed by atoms with Gasteiger partial charge in [-0.05, 0) is 30.7 Å². The summed E-state index contributed by atoms with van der Waals surface area (Å²) in [7, 11) is 0. The van der Waals surface area contributed by atoms with Crippen LogP contribution in [0.2, 0.25) is 0 Å². The van der Waals surface area contributed by atoms with Gasteiger partial charge < -0.3 is 10.5 Å². The maximum Gasteiger partial charge on any atom is 0.244 e. The van der Waals surface area contributed by atoms with Gasteiger partial charge >= 0.3 is 0 Å². The second kappa shape index (κ2) is 6.28. The molecule has 19 heavy (non-hydrogen) atoms. The third-order valence-electron chi connectivity index (χ3n) is 3.52. The van der Waals surface area contributed by atoms with Crippen LogP contribution in [0.1, 0.15) is 49.9 Å². The summed E-state index contributed by atoms with van der Waals surface area (Å²) in [6.45, 7) is 4.80. The van der Waals surface area contributed by atoms with Gasteiger partial charge in [-0.1, -0.05) is 38.9 Å². The summed E-state index contributed by atoms with van der Waals surface area (Å²) < 4.78 is 5.75. The van der Waals surface area contributed by atoms with Crippen LogP contribution < -0.4 is 10.5 Å². The Balaban J connectivity index is 2.22. The Morgan fingerprint density at radius 1 is 1.32 bits per heavy atom. The highest BCUT2D eigenvalue weighted by atomic mass is 32.1. The molecule has 1 heterocycles. The van der Waals surface area contributed by atoms with Gasteiger partial charge in [0.25, 0.3) is 0 Å². The summed E-state index contributed by atoms with van der Waals surface area (Å²) in [4.78, 5) is 0.350. The summed E-state index contributed by atoms with van der Waals surface area (Å²) in [6, 6.07) is 0. The highest BCUT2D eigenvalue weighted by Crippen LogP contribution is 2.32. The van der Waals surface area contributed by atoms with E-state index < -0.39 is 0 Å². The third-order valence-corrected chi connectivity index (χ3v) is 3.73. The molecule has 1 fully saturated rings. The number of hydrogen-bond donors (Lipinski definition) is 1. The average Bonchev–Trinajstić information content (AvgIpc) is 3.21. The van der Waals surface area contributed by atoms with E-state index in [1.807, 2.05) is 0 Å². The first-order valence-corrected chi connectivity index (χ1v) is 7.39. The molecule has 1 saturated carbocycles. The van der Waals surface area contributed by atoms with Crippen molar-refractivity contribution in [2.75, 3.05) is 6.61 Å². The lowest BCUT2D eigenvalue weighted by atomic mass is 10.0. The number of hydrogen-bond acceptors (Lipinski definition) is 4. The number of nitrogens with two attached hydrogens (primary N) is 1. The van der Waals surface area contributed by atoms with Gasteiger partial charge in [-0.2, -0.15) is 5.10 Å². The van der Waals surface area contributed by atoms with E-state index in [0.717, 1.165) is 42.0 Å². The predicted molar refractivity (Wildman–Crippen MR) is 79.5 cm³/mol. The van der Waals surface area contributed by atoms with E-state index in [2.05, 4.69) is 24.0 Å². The van der Waals surface area contributed by atoms with E-state index >= 15 is 0 Å². The van der Waals surface area contributed by atoms with Crippen molar-refractivity contribution < 1.29 is 4.74 Å². The summed E-state index contributed by atoms with van der Waals surface area (Å²) in [5.41, 5.74) is 8.65. The Morgan fingerprint density at radius 3 is 2.58 bits per heavy atom. The first kappa shape index (κ1) is 14.2. The van der Waals surface area contributed by atoms with Crippen LogP contribution in [0.15, 0.2) is 0 Å². The second-order valence-electron chi connectivity index (χ2n) is 4.96. The largest absolute Gasteiger partial charge is 0.476 e. The van der Waals surface area contributed by atoms with E-state index in [0.29, 0.717) is 17.5 Å². The zero-order valence-electron chi connectivity index (χ0n) is 11.6. The van der Waals surface area contributed by atoms with Crippen molar-refractivity contribution in [1.29, 1.82) is 0 Å². The molecule has 0 aromatic carbocycles. The van der Waals surface area contributed by atoms with Gasteiger partial charge in [0.2, 0.25) is 5.88 Å². The van der Waals surface area contributed by atoms with Gasteiger partial charge in [-0.3, -0.25) is 0 Å². The van der Waals surface area contributed by atoms with Gasteiger partial charge in [0.05, 0.1) is 17.9 Å². The van der Waals surface area contributed by atoms with Crippen LogP contribution in [0, 0.1) is 5.92 Å². The quantitative estimate of drug-likeness (QED) is 0.777. The topological polar surface area (TPSA) is 61.0 Å². The second-order valence-corrected chi connectivity index (χ2v) is 5.40. The lowest BCUT2D eigenvalue weighted by Gasteiger charge is -2.14. The van der Waals surface area contributed by atoms with Crippen LogP contribution in [-0.4, -0.2) is 21.8 Å². The molecule has 1 aliphatic rings. The van der Waals surface area contributed by atoms with Gasteiger partial charge in [-0.25, -0.2) is 0 Å². The molecule has 0 saturated heterocycles. The zero-order chi connectivity index (χ0) is 13.8. The van der Waals surface area contributed by atoms with Gasteiger partial charge in [-0.15, -0.1) is 5.10 Å². The third kappa shape index (κ3) is 3.41. The summed E-state index contributed by atoms with van der Waals surface area (Å²) in [5.74, 6) is 1.34. The molecular formula is C14H21N3OS. The Bertz CT molecular complexity index is 472. The molecule has 0 unspecified atom stereocenters. The van der Waals surface area contributed by atoms with Gasteiger partial charge in [0.1, 0.15) is 4.99 Å². The van der Waals surface area contributed by atoms with E-state index in [-0.39, 0.29) is 0 Å². The molecule has 0 bridgehead atoms. The van der Waals surface area contributed by atoms with Crippen LogP contribution >= 0.6 is 12.2 Å². The minimum Gasteiger partial charge on any atom is -0.476 e. The van der Waals surface area contributed by atoms with Crippen LogP contribution in [0.25, 0.3) is 0 Å². The van der Waals surface area contributed by atoms with Crippen molar-refractivity contribution in [3.05, 3.63) is 16.8 Å². The Labute approximate surface area is 119 Å². The van der Waals surface area contributed by atoms with Crippen LogP contribution in [-0.2, 0) is 12.8 Å². The molecule has 0 radical (unpaired) electrons. The number of rotatable bonds is 7. The van der Waals surface area contributed by atoms with Crippen molar-refractivity contribution >= 4 is 17.2 Å².